The average molecular weight is 420 g/mol. The van der Waals surface area contributed by atoms with E-state index in [4.69, 9.17) is 0 Å². The first-order valence-corrected chi connectivity index (χ1v) is 11.1. The lowest BCUT2D eigenvalue weighted by Crippen LogP contribution is -2.30. The highest BCUT2D eigenvalue weighted by Gasteiger charge is 2.28. The molecule has 2 heterocycles. The minimum absolute atomic E-state index is 0.130. The molecule has 6 nitrogen and oxygen atoms in total. The summed E-state index contributed by atoms with van der Waals surface area (Å²) in [5.74, 6) is -0.391. The van der Waals surface area contributed by atoms with Crippen LogP contribution in [0.5, 0.6) is 0 Å². The third-order valence-corrected chi connectivity index (χ3v) is 6.11. The van der Waals surface area contributed by atoms with Crippen LogP contribution in [0.4, 0.5) is 0 Å². The lowest BCUT2D eigenvalue weighted by Gasteiger charge is -2.27. The molecule has 0 atom stereocenters. The predicted octanol–water partition coefficient (Wildman–Crippen LogP) is 3.25. The van der Waals surface area contributed by atoms with Gasteiger partial charge < -0.3 is 5.32 Å². The molecule has 2 fully saturated rings. The van der Waals surface area contributed by atoms with Gasteiger partial charge in [-0.15, -0.1) is 0 Å². The van der Waals surface area contributed by atoms with E-state index in [1.165, 1.54) is 29.7 Å². The van der Waals surface area contributed by atoms with E-state index in [-0.39, 0.29) is 24.3 Å². The fourth-order valence-electron chi connectivity index (χ4n) is 4.26. The maximum absolute atomic E-state index is 12.6. The summed E-state index contributed by atoms with van der Waals surface area (Å²) in [6, 6.07) is 15.4. The molecule has 3 amide bonds. The number of nitrogens with one attached hydrogen (secondary N) is 1. The molecular formula is C25H29N3O3. The third kappa shape index (κ3) is 5.39. The molecule has 0 radical (unpaired) electrons. The second-order valence-electron chi connectivity index (χ2n) is 8.36. The number of carbonyl (C=O) groups excluding carboxylic acids is 3. The van der Waals surface area contributed by atoms with Crippen LogP contribution >= 0.6 is 0 Å². The Hall–Kier alpha value is -2.99. The Morgan fingerprint density at radius 3 is 2.13 bits per heavy atom. The van der Waals surface area contributed by atoms with Crippen molar-refractivity contribution in [1.29, 1.82) is 0 Å². The summed E-state index contributed by atoms with van der Waals surface area (Å²) < 4.78 is 0. The van der Waals surface area contributed by atoms with Crippen molar-refractivity contribution in [3.8, 4) is 0 Å². The van der Waals surface area contributed by atoms with E-state index in [0.717, 1.165) is 30.8 Å². The summed E-state index contributed by atoms with van der Waals surface area (Å²) in [6.07, 6.45) is 4.42. The number of carbonyl (C=O) groups is 3. The van der Waals surface area contributed by atoms with Gasteiger partial charge in [-0.25, -0.2) is 0 Å². The van der Waals surface area contributed by atoms with E-state index < -0.39 is 0 Å². The first kappa shape index (κ1) is 21.2. The van der Waals surface area contributed by atoms with E-state index in [1.807, 2.05) is 6.07 Å². The molecule has 2 aromatic carbocycles. The highest BCUT2D eigenvalue weighted by atomic mass is 16.2. The number of hydrogen-bond acceptors (Lipinski definition) is 4. The van der Waals surface area contributed by atoms with E-state index in [1.54, 1.807) is 24.3 Å². The van der Waals surface area contributed by atoms with Gasteiger partial charge in [0, 0.05) is 31.5 Å². The zero-order valence-electron chi connectivity index (χ0n) is 17.8. The molecule has 2 aliphatic rings. The van der Waals surface area contributed by atoms with E-state index in [9.17, 15) is 14.4 Å². The largest absolute Gasteiger partial charge is 0.348 e. The number of benzene rings is 2. The Labute approximate surface area is 183 Å². The SMILES string of the molecule is O=C(NCc1ccccc1CN1CCCCC1)c1ccc(CN2C(=O)CCC2=O)cc1. The van der Waals surface area contributed by atoms with Gasteiger partial charge >= 0.3 is 0 Å². The Kier molecular flexibility index (Phi) is 6.77. The molecule has 2 aromatic rings. The zero-order chi connectivity index (χ0) is 21.6. The van der Waals surface area contributed by atoms with Gasteiger partial charge in [0.25, 0.3) is 5.91 Å². The highest BCUT2D eigenvalue weighted by molar-refractivity contribution is 6.01. The van der Waals surface area contributed by atoms with Crippen molar-refractivity contribution in [2.75, 3.05) is 13.1 Å². The van der Waals surface area contributed by atoms with Crippen LogP contribution in [0.1, 0.15) is 59.2 Å². The number of imide groups is 1. The van der Waals surface area contributed by atoms with E-state index >= 15 is 0 Å². The summed E-state index contributed by atoms with van der Waals surface area (Å²) in [4.78, 5) is 40.0. The van der Waals surface area contributed by atoms with Gasteiger partial charge in [-0.1, -0.05) is 42.8 Å². The maximum atomic E-state index is 12.6. The third-order valence-electron chi connectivity index (χ3n) is 6.11. The van der Waals surface area contributed by atoms with Gasteiger partial charge in [-0.05, 0) is 54.8 Å². The normalized spacial score (nSPS) is 17.2. The van der Waals surface area contributed by atoms with Crippen LogP contribution in [0.25, 0.3) is 0 Å². The molecule has 31 heavy (non-hydrogen) atoms. The molecular weight excluding hydrogens is 390 g/mol. The van der Waals surface area contributed by atoms with Crippen LogP contribution in [-0.2, 0) is 29.2 Å². The Balaban J connectivity index is 1.34. The van der Waals surface area contributed by atoms with Crippen molar-refractivity contribution in [3.63, 3.8) is 0 Å². The lowest BCUT2D eigenvalue weighted by atomic mass is 10.0. The standard InChI is InChI=1S/C25H29N3O3/c29-23-12-13-24(30)28(23)17-19-8-10-20(11-9-19)25(31)26-16-21-6-2-3-7-22(21)18-27-14-4-1-5-15-27/h2-3,6-11H,1,4-5,12-18H2,(H,26,31). The maximum Gasteiger partial charge on any atom is 0.251 e. The summed E-state index contributed by atoms with van der Waals surface area (Å²) in [7, 11) is 0. The Morgan fingerprint density at radius 1 is 0.806 bits per heavy atom. The van der Waals surface area contributed by atoms with Crippen LogP contribution in [-0.4, -0.2) is 40.6 Å². The summed E-state index contributed by atoms with van der Waals surface area (Å²) in [6.45, 7) is 3.96. The molecule has 6 heteroatoms. The Bertz CT molecular complexity index is 933. The van der Waals surface area contributed by atoms with Crippen molar-refractivity contribution in [3.05, 3.63) is 70.8 Å². The first-order valence-electron chi connectivity index (χ1n) is 11.1. The van der Waals surface area contributed by atoms with Crippen molar-refractivity contribution in [2.24, 2.45) is 0 Å². The fraction of sp³-hybridized carbons (Fsp3) is 0.400. The minimum atomic E-state index is -0.132. The van der Waals surface area contributed by atoms with Gasteiger partial charge in [0.05, 0.1) is 6.54 Å². The topological polar surface area (TPSA) is 69.7 Å². The van der Waals surface area contributed by atoms with Crippen LogP contribution in [0.2, 0.25) is 0 Å². The number of rotatable bonds is 7. The second-order valence-corrected chi connectivity index (χ2v) is 8.36. The fourth-order valence-corrected chi connectivity index (χ4v) is 4.26. The van der Waals surface area contributed by atoms with Crippen LogP contribution in [0.15, 0.2) is 48.5 Å². The van der Waals surface area contributed by atoms with Crippen molar-refractivity contribution >= 4 is 17.7 Å². The van der Waals surface area contributed by atoms with E-state index in [0.29, 0.717) is 24.9 Å². The van der Waals surface area contributed by atoms with Crippen LogP contribution in [0.3, 0.4) is 0 Å². The Morgan fingerprint density at radius 2 is 1.45 bits per heavy atom. The predicted molar refractivity (Wildman–Crippen MR) is 118 cm³/mol. The van der Waals surface area contributed by atoms with Crippen molar-refractivity contribution in [1.82, 2.24) is 15.1 Å². The molecule has 2 saturated heterocycles. The van der Waals surface area contributed by atoms with Crippen LogP contribution in [0, 0.1) is 0 Å². The average Bonchev–Trinajstić information content (AvgIpc) is 3.11. The molecule has 162 valence electrons. The zero-order valence-corrected chi connectivity index (χ0v) is 17.8. The van der Waals surface area contributed by atoms with Gasteiger partial charge in [-0.2, -0.15) is 0 Å². The molecule has 0 spiro atoms. The number of likely N-dealkylation sites (tertiary alicyclic amines) is 2. The smallest absolute Gasteiger partial charge is 0.251 e. The molecule has 2 aliphatic heterocycles. The van der Waals surface area contributed by atoms with Gasteiger partial charge in [-0.3, -0.25) is 24.2 Å². The molecule has 0 unspecified atom stereocenters. The van der Waals surface area contributed by atoms with Gasteiger partial charge in [0.15, 0.2) is 0 Å². The molecule has 0 aromatic heterocycles. The second kappa shape index (κ2) is 9.88. The summed E-state index contributed by atoms with van der Waals surface area (Å²) in [5.41, 5.74) is 3.81. The summed E-state index contributed by atoms with van der Waals surface area (Å²) in [5, 5.41) is 3.02. The molecule has 1 N–H and O–H groups in total. The number of piperidine rings is 1. The number of hydrogen-bond donors (Lipinski definition) is 1. The lowest BCUT2D eigenvalue weighted by molar-refractivity contribution is -0.139. The number of amides is 3. The van der Waals surface area contributed by atoms with Gasteiger partial charge in [0.1, 0.15) is 0 Å². The highest BCUT2D eigenvalue weighted by Crippen LogP contribution is 2.18. The molecule has 0 saturated carbocycles. The monoisotopic (exact) mass is 419 g/mol. The van der Waals surface area contributed by atoms with Gasteiger partial charge in [0.2, 0.25) is 11.8 Å². The first-order chi connectivity index (χ1) is 15.1. The quantitative estimate of drug-likeness (QED) is 0.700. The molecule has 0 bridgehead atoms. The summed E-state index contributed by atoms with van der Waals surface area (Å²) >= 11 is 0. The molecule has 0 aliphatic carbocycles. The van der Waals surface area contributed by atoms with Crippen LogP contribution < -0.4 is 5.32 Å². The molecule has 4 rings (SSSR count). The number of nitrogens with zero attached hydrogens (tertiary/aromatic N) is 2. The van der Waals surface area contributed by atoms with Crippen molar-refractivity contribution < 1.29 is 14.4 Å². The van der Waals surface area contributed by atoms with E-state index in [2.05, 4.69) is 28.4 Å². The van der Waals surface area contributed by atoms with Crippen molar-refractivity contribution in [2.45, 2.75) is 51.7 Å². The minimum Gasteiger partial charge on any atom is -0.348 e.